The minimum absolute atomic E-state index is 0.107. The molecule has 2 aromatic rings. The van der Waals surface area contributed by atoms with Crippen LogP contribution in [0.1, 0.15) is 37.7 Å². The number of nitrogens with one attached hydrogen (secondary N) is 2. The van der Waals surface area contributed by atoms with Gasteiger partial charge in [-0.05, 0) is 55.0 Å². The van der Waals surface area contributed by atoms with Crippen molar-refractivity contribution in [3.05, 3.63) is 48.0 Å². The van der Waals surface area contributed by atoms with Gasteiger partial charge in [0.05, 0.1) is 13.0 Å². The van der Waals surface area contributed by atoms with Crippen LogP contribution < -0.4 is 22.1 Å². The van der Waals surface area contributed by atoms with E-state index in [0.29, 0.717) is 32.4 Å². The Kier molecular flexibility index (Phi) is 10.8. The lowest BCUT2D eigenvalue weighted by Crippen LogP contribution is -2.53. The molecule has 1 fully saturated rings. The minimum atomic E-state index is -0.759. The molecule has 10 heteroatoms. The van der Waals surface area contributed by atoms with Gasteiger partial charge in [-0.3, -0.25) is 19.2 Å². The molecule has 200 valence electrons. The van der Waals surface area contributed by atoms with E-state index >= 15 is 0 Å². The van der Waals surface area contributed by atoms with Gasteiger partial charge in [0.2, 0.25) is 23.6 Å². The van der Waals surface area contributed by atoms with Gasteiger partial charge >= 0.3 is 0 Å². The highest BCUT2D eigenvalue weighted by Gasteiger charge is 2.35. The van der Waals surface area contributed by atoms with Crippen LogP contribution in [0.25, 0.3) is 10.8 Å². The molecular formula is C27H37N5O5. The van der Waals surface area contributed by atoms with Crippen LogP contribution in [0.2, 0.25) is 0 Å². The fraction of sp³-hybridized carbons (Fsp3) is 0.481. The lowest BCUT2D eigenvalue weighted by atomic mass is 10.0. The minimum Gasteiger partial charge on any atom is -0.370 e. The molecule has 0 bridgehead atoms. The number of unbranched alkanes of at least 4 members (excludes halogenated alkanes) is 1. The van der Waals surface area contributed by atoms with Gasteiger partial charge < -0.3 is 31.7 Å². The number of carbonyl (C=O) groups excluding carboxylic acids is 4. The molecule has 0 spiro atoms. The molecular weight excluding hydrogens is 474 g/mol. The maximum Gasteiger partial charge on any atom is 0.243 e. The average molecular weight is 512 g/mol. The molecule has 2 aromatic carbocycles. The summed E-state index contributed by atoms with van der Waals surface area (Å²) < 4.78 is 5.06. The highest BCUT2D eigenvalue weighted by atomic mass is 16.5. The standard InChI is InChI=1S/C27H37N5O5/c28-13-4-3-11-22(26(35)30-14-16-37-18-24(29)33)31-27(36)23-12-6-15-32(23)25(34)17-20-9-5-8-19-7-1-2-10-21(19)20/h1-2,5,7-10,22-23H,3-4,6,11-18,28H2,(H2,29,33)(H,30,35)(H,31,36)/t22-,23-/m0/s1. The van der Waals surface area contributed by atoms with E-state index in [1.807, 2.05) is 42.5 Å². The van der Waals surface area contributed by atoms with Crippen molar-refractivity contribution >= 4 is 34.4 Å². The van der Waals surface area contributed by atoms with E-state index in [1.165, 1.54) is 0 Å². The second-order valence-corrected chi connectivity index (χ2v) is 9.22. The zero-order chi connectivity index (χ0) is 26.6. The molecule has 0 saturated carbocycles. The molecule has 0 aromatic heterocycles. The van der Waals surface area contributed by atoms with Crippen LogP contribution >= 0.6 is 0 Å². The molecule has 4 amide bonds. The van der Waals surface area contributed by atoms with E-state index in [0.717, 1.165) is 29.2 Å². The van der Waals surface area contributed by atoms with Gasteiger partial charge in [0.15, 0.2) is 0 Å². The van der Waals surface area contributed by atoms with Crippen LogP contribution in [-0.4, -0.2) is 73.5 Å². The lowest BCUT2D eigenvalue weighted by Gasteiger charge is -2.26. The van der Waals surface area contributed by atoms with Gasteiger partial charge in [0, 0.05) is 13.1 Å². The fourth-order valence-corrected chi connectivity index (χ4v) is 4.62. The molecule has 3 rings (SSSR count). The molecule has 1 aliphatic rings. The van der Waals surface area contributed by atoms with Crippen molar-refractivity contribution in [3.8, 4) is 0 Å². The number of hydrogen-bond donors (Lipinski definition) is 4. The summed E-state index contributed by atoms with van der Waals surface area (Å²) in [7, 11) is 0. The Morgan fingerprint density at radius 3 is 2.65 bits per heavy atom. The van der Waals surface area contributed by atoms with Gasteiger partial charge in [-0.1, -0.05) is 42.5 Å². The van der Waals surface area contributed by atoms with Crippen LogP contribution in [0, 0.1) is 0 Å². The number of carbonyl (C=O) groups is 4. The van der Waals surface area contributed by atoms with Gasteiger partial charge in [0.25, 0.3) is 0 Å². The summed E-state index contributed by atoms with van der Waals surface area (Å²) in [5, 5.41) is 7.66. The van der Waals surface area contributed by atoms with E-state index in [-0.39, 0.29) is 43.9 Å². The predicted molar refractivity (Wildman–Crippen MR) is 140 cm³/mol. The molecule has 6 N–H and O–H groups in total. The summed E-state index contributed by atoms with van der Waals surface area (Å²) in [6, 6.07) is 12.4. The van der Waals surface area contributed by atoms with Crippen molar-refractivity contribution in [3.63, 3.8) is 0 Å². The molecule has 0 unspecified atom stereocenters. The molecule has 37 heavy (non-hydrogen) atoms. The maximum absolute atomic E-state index is 13.3. The Morgan fingerprint density at radius 2 is 1.86 bits per heavy atom. The SMILES string of the molecule is NCCCC[C@H](NC(=O)[C@@H]1CCCN1C(=O)Cc1cccc2ccccc12)C(=O)NCCOCC(N)=O. The Bertz CT molecular complexity index is 1090. The summed E-state index contributed by atoms with van der Waals surface area (Å²) in [5.41, 5.74) is 11.5. The third-order valence-corrected chi connectivity index (χ3v) is 6.47. The lowest BCUT2D eigenvalue weighted by molar-refractivity contribution is -0.139. The Hall–Kier alpha value is -3.50. The van der Waals surface area contributed by atoms with Crippen molar-refractivity contribution in [2.75, 3.05) is 32.8 Å². The number of nitrogens with two attached hydrogens (primary N) is 2. The Balaban J connectivity index is 1.61. The molecule has 0 radical (unpaired) electrons. The highest BCUT2D eigenvalue weighted by Crippen LogP contribution is 2.23. The number of nitrogens with zero attached hydrogens (tertiary/aromatic N) is 1. The number of benzene rings is 2. The molecule has 1 aliphatic heterocycles. The Labute approximate surface area is 217 Å². The van der Waals surface area contributed by atoms with Crippen LogP contribution in [0.3, 0.4) is 0 Å². The molecule has 10 nitrogen and oxygen atoms in total. The van der Waals surface area contributed by atoms with E-state index < -0.39 is 18.0 Å². The topological polar surface area (TPSA) is 157 Å². The summed E-state index contributed by atoms with van der Waals surface area (Å²) in [4.78, 5) is 51.7. The number of rotatable bonds is 14. The number of fused-ring (bicyclic) bond motifs is 1. The van der Waals surface area contributed by atoms with Crippen LogP contribution in [0.15, 0.2) is 42.5 Å². The number of likely N-dealkylation sites (tertiary alicyclic amines) is 1. The van der Waals surface area contributed by atoms with Crippen molar-refractivity contribution in [1.29, 1.82) is 0 Å². The number of amides is 4. The van der Waals surface area contributed by atoms with Crippen molar-refractivity contribution < 1.29 is 23.9 Å². The highest BCUT2D eigenvalue weighted by molar-refractivity contribution is 5.94. The fourth-order valence-electron chi connectivity index (χ4n) is 4.62. The summed E-state index contributed by atoms with van der Waals surface area (Å²) in [5.74, 6) is -1.37. The first-order valence-corrected chi connectivity index (χ1v) is 12.8. The molecule has 1 saturated heterocycles. The molecule has 0 aliphatic carbocycles. The second-order valence-electron chi connectivity index (χ2n) is 9.22. The quantitative estimate of drug-likeness (QED) is 0.272. The zero-order valence-electron chi connectivity index (χ0n) is 21.1. The monoisotopic (exact) mass is 511 g/mol. The van der Waals surface area contributed by atoms with E-state index in [9.17, 15) is 19.2 Å². The van der Waals surface area contributed by atoms with E-state index in [1.54, 1.807) is 4.90 Å². The summed E-state index contributed by atoms with van der Waals surface area (Å²) in [6.07, 6.45) is 3.29. The van der Waals surface area contributed by atoms with Gasteiger partial charge in [-0.25, -0.2) is 0 Å². The zero-order valence-corrected chi connectivity index (χ0v) is 21.1. The van der Waals surface area contributed by atoms with Crippen molar-refractivity contribution in [2.24, 2.45) is 11.5 Å². The number of ether oxygens (including phenoxy) is 1. The van der Waals surface area contributed by atoms with Crippen molar-refractivity contribution in [2.45, 2.75) is 50.6 Å². The van der Waals surface area contributed by atoms with Crippen LogP contribution in [0.4, 0.5) is 0 Å². The van der Waals surface area contributed by atoms with Crippen molar-refractivity contribution in [1.82, 2.24) is 15.5 Å². The third kappa shape index (κ3) is 8.26. The predicted octanol–water partition coefficient (Wildman–Crippen LogP) is 0.605. The van der Waals surface area contributed by atoms with E-state index in [4.69, 9.17) is 16.2 Å². The first kappa shape index (κ1) is 28.1. The van der Waals surface area contributed by atoms with Crippen LogP contribution in [0.5, 0.6) is 0 Å². The first-order chi connectivity index (χ1) is 17.9. The number of primary amides is 1. The van der Waals surface area contributed by atoms with Gasteiger partial charge in [-0.15, -0.1) is 0 Å². The second kappa shape index (κ2) is 14.3. The first-order valence-electron chi connectivity index (χ1n) is 12.8. The smallest absolute Gasteiger partial charge is 0.243 e. The maximum atomic E-state index is 13.3. The Morgan fingerprint density at radius 1 is 1.08 bits per heavy atom. The largest absolute Gasteiger partial charge is 0.370 e. The summed E-state index contributed by atoms with van der Waals surface area (Å²) >= 11 is 0. The third-order valence-electron chi connectivity index (χ3n) is 6.47. The van der Waals surface area contributed by atoms with Crippen LogP contribution in [-0.2, 0) is 30.3 Å². The normalized spacial score (nSPS) is 15.9. The van der Waals surface area contributed by atoms with E-state index in [2.05, 4.69) is 10.6 Å². The van der Waals surface area contributed by atoms with Gasteiger partial charge in [0.1, 0.15) is 18.7 Å². The average Bonchev–Trinajstić information content (AvgIpc) is 3.38. The number of hydrogen-bond acceptors (Lipinski definition) is 6. The molecule has 2 atom stereocenters. The summed E-state index contributed by atoms with van der Waals surface area (Å²) in [6.45, 7) is 1.06. The molecule has 1 heterocycles. The van der Waals surface area contributed by atoms with Gasteiger partial charge in [-0.2, -0.15) is 0 Å².